The van der Waals surface area contributed by atoms with Crippen LogP contribution in [0.2, 0.25) is 0 Å². The topological polar surface area (TPSA) is 32.3 Å². The lowest BCUT2D eigenvalue weighted by Crippen LogP contribution is -2.42. The zero-order valence-electron chi connectivity index (χ0n) is 17.2. The minimum absolute atomic E-state index is 0.521. The van der Waals surface area contributed by atoms with Gasteiger partial charge in [-0.05, 0) is 69.4 Å². The van der Waals surface area contributed by atoms with E-state index in [4.69, 9.17) is 9.97 Å². The van der Waals surface area contributed by atoms with Crippen molar-refractivity contribution in [2.24, 2.45) is 5.41 Å². The second kappa shape index (κ2) is 7.47. The summed E-state index contributed by atoms with van der Waals surface area (Å²) in [7, 11) is 0. The monoisotopic (exact) mass is 376 g/mol. The molecule has 0 unspecified atom stereocenters. The number of fused-ring (bicyclic) bond motifs is 1. The maximum atomic E-state index is 4.90. The Morgan fingerprint density at radius 1 is 0.929 bits per heavy atom. The zero-order valence-corrected chi connectivity index (χ0v) is 17.2. The third-order valence-electron chi connectivity index (χ3n) is 7.16. The van der Waals surface area contributed by atoms with Crippen LogP contribution < -0.4 is 4.90 Å². The van der Waals surface area contributed by atoms with Crippen LogP contribution in [0, 0.1) is 12.3 Å². The Morgan fingerprint density at radius 2 is 1.68 bits per heavy atom. The number of nitrogens with zero attached hydrogens (tertiary/aromatic N) is 4. The van der Waals surface area contributed by atoms with Crippen molar-refractivity contribution in [1.82, 2.24) is 14.9 Å². The number of likely N-dealkylation sites (tertiary alicyclic amines) is 1. The van der Waals surface area contributed by atoms with Crippen molar-refractivity contribution in [3.05, 3.63) is 53.0 Å². The van der Waals surface area contributed by atoms with Gasteiger partial charge >= 0.3 is 0 Å². The van der Waals surface area contributed by atoms with Gasteiger partial charge in [-0.2, -0.15) is 0 Å². The number of hydrogen-bond acceptors (Lipinski definition) is 4. The van der Waals surface area contributed by atoms with Crippen LogP contribution in [-0.2, 0) is 19.4 Å². The van der Waals surface area contributed by atoms with Crippen molar-refractivity contribution >= 4 is 5.82 Å². The van der Waals surface area contributed by atoms with Gasteiger partial charge in [0.15, 0.2) is 0 Å². The van der Waals surface area contributed by atoms with E-state index in [9.17, 15) is 0 Å². The van der Waals surface area contributed by atoms with Gasteiger partial charge in [-0.3, -0.25) is 4.90 Å². The largest absolute Gasteiger partial charge is 0.356 e. The van der Waals surface area contributed by atoms with Gasteiger partial charge in [0.05, 0.1) is 0 Å². The van der Waals surface area contributed by atoms with Gasteiger partial charge in [-0.25, -0.2) is 9.97 Å². The molecule has 1 spiro atoms. The predicted molar refractivity (Wildman–Crippen MR) is 114 cm³/mol. The maximum absolute atomic E-state index is 4.90. The van der Waals surface area contributed by atoms with E-state index < -0.39 is 0 Å². The molecule has 0 bridgehead atoms. The van der Waals surface area contributed by atoms with Gasteiger partial charge in [0.1, 0.15) is 11.6 Å². The van der Waals surface area contributed by atoms with E-state index in [1.807, 2.05) is 0 Å². The Hall–Kier alpha value is -1.94. The fourth-order valence-electron chi connectivity index (χ4n) is 5.56. The highest BCUT2D eigenvalue weighted by atomic mass is 15.2. The summed E-state index contributed by atoms with van der Waals surface area (Å²) in [6, 6.07) is 10.9. The van der Waals surface area contributed by atoms with Gasteiger partial charge in [0.2, 0.25) is 0 Å². The highest BCUT2D eigenvalue weighted by Gasteiger charge is 2.41. The van der Waals surface area contributed by atoms with E-state index in [1.54, 1.807) is 0 Å². The smallest absolute Gasteiger partial charge is 0.135 e. The van der Waals surface area contributed by atoms with Gasteiger partial charge < -0.3 is 4.90 Å². The van der Waals surface area contributed by atoms with Crippen molar-refractivity contribution in [1.29, 1.82) is 0 Å². The molecule has 3 heterocycles. The molecule has 1 aliphatic carbocycles. The second-order valence-corrected chi connectivity index (χ2v) is 9.16. The maximum Gasteiger partial charge on any atom is 0.135 e. The fourth-order valence-corrected chi connectivity index (χ4v) is 5.56. The summed E-state index contributed by atoms with van der Waals surface area (Å²) in [6.45, 7) is 7.98. The number of rotatable bonds is 3. The first-order valence-electron chi connectivity index (χ1n) is 11.1. The van der Waals surface area contributed by atoms with Gasteiger partial charge in [0, 0.05) is 37.4 Å². The van der Waals surface area contributed by atoms with Crippen LogP contribution in [0.4, 0.5) is 5.82 Å². The summed E-state index contributed by atoms with van der Waals surface area (Å²) in [5.74, 6) is 2.21. The first-order valence-corrected chi connectivity index (χ1v) is 11.1. The molecule has 1 aromatic heterocycles. The average Bonchev–Trinajstić information content (AvgIpc) is 3.10. The first kappa shape index (κ1) is 18.1. The molecule has 2 aromatic rings. The van der Waals surface area contributed by atoms with Crippen LogP contribution in [0.1, 0.15) is 54.7 Å². The van der Waals surface area contributed by atoms with E-state index in [1.165, 1.54) is 67.8 Å². The molecule has 2 saturated heterocycles. The van der Waals surface area contributed by atoms with Crippen LogP contribution in [0.3, 0.4) is 0 Å². The predicted octanol–water partition coefficient (Wildman–Crippen LogP) is 4.16. The molecule has 3 aliphatic rings. The standard InChI is InChI=1S/C24H32N4/c1-19-25-22-10-6-5-9-21(22)23(26-19)28-15-12-24(13-16-28)11-14-27(18-24)17-20-7-3-2-4-8-20/h2-4,7-8H,5-6,9-18H2,1H3. The number of benzene rings is 1. The van der Waals surface area contributed by atoms with Gasteiger partial charge in [0.25, 0.3) is 0 Å². The van der Waals surface area contributed by atoms with Crippen molar-refractivity contribution in [3.63, 3.8) is 0 Å². The van der Waals surface area contributed by atoms with Crippen LogP contribution in [0.15, 0.2) is 30.3 Å². The normalized spacial score (nSPS) is 21.8. The Kier molecular flexibility index (Phi) is 4.83. The summed E-state index contributed by atoms with van der Waals surface area (Å²) in [6.07, 6.45) is 8.83. The summed E-state index contributed by atoms with van der Waals surface area (Å²) in [4.78, 5) is 14.9. The lowest BCUT2D eigenvalue weighted by Gasteiger charge is -2.41. The molecule has 148 valence electrons. The quantitative estimate of drug-likeness (QED) is 0.805. The number of piperidine rings is 1. The second-order valence-electron chi connectivity index (χ2n) is 9.16. The van der Waals surface area contributed by atoms with Crippen LogP contribution in [-0.4, -0.2) is 41.0 Å². The molecule has 0 N–H and O–H groups in total. The number of anilines is 1. The van der Waals surface area contributed by atoms with Crippen molar-refractivity contribution in [3.8, 4) is 0 Å². The SMILES string of the molecule is Cc1nc2c(c(N3CCC4(CCN(Cc5ccccc5)C4)CC3)n1)CCCC2. The first-order chi connectivity index (χ1) is 13.7. The van der Waals surface area contributed by atoms with Crippen molar-refractivity contribution in [2.75, 3.05) is 31.1 Å². The van der Waals surface area contributed by atoms with Crippen molar-refractivity contribution < 1.29 is 0 Å². The Morgan fingerprint density at radius 3 is 2.50 bits per heavy atom. The lowest BCUT2D eigenvalue weighted by molar-refractivity contribution is 0.205. The summed E-state index contributed by atoms with van der Waals surface area (Å²) < 4.78 is 0. The molecule has 4 heteroatoms. The van der Waals surface area contributed by atoms with E-state index in [0.717, 1.165) is 38.3 Å². The Labute approximate surface area is 169 Å². The molecule has 28 heavy (non-hydrogen) atoms. The molecule has 0 saturated carbocycles. The third-order valence-corrected chi connectivity index (χ3v) is 7.16. The molecule has 1 aromatic carbocycles. The molecule has 0 atom stereocenters. The number of aryl methyl sites for hydroxylation is 2. The Balaban J connectivity index is 1.25. The van der Waals surface area contributed by atoms with Gasteiger partial charge in [-0.15, -0.1) is 0 Å². The lowest BCUT2D eigenvalue weighted by atomic mass is 9.77. The third kappa shape index (κ3) is 3.55. The molecule has 2 aliphatic heterocycles. The summed E-state index contributed by atoms with van der Waals surface area (Å²) in [5.41, 5.74) is 4.74. The average molecular weight is 377 g/mol. The highest BCUT2D eigenvalue weighted by molar-refractivity contribution is 5.50. The molecule has 5 rings (SSSR count). The minimum Gasteiger partial charge on any atom is -0.356 e. The van der Waals surface area contributed by atoms with Gasteiger partial charge in [-0.1, -0.05) is 30.3 Å². The number of hydrogen-bond donors (Lipinski definition) is 0. The molecular formula is C24H32N4. The van der Waals surface area contributed by atoms with E-state index in [2.05, 4.69) is 47.1 Å². The Bertz CT molecular complexity index is 824. The van der Waals surface area contributed by atoms with Crippen molar-refractivity contribution in [2.45, 2.75) is 58.4 Å². The molecule has 2 fully saturated rings. The fraction of sp³-hybridized carbons (Fsp3) is 0.583. The molecular weight excluding hydrogens is 344 g/mol. The van der Waals surface area contributed by atoms with Crippen LogP contribution in [0.5, 0.6) is 0 Å². The number of aromatic nitrogens is 2. The molecule has 4 nitrogen and oxygen atoms in total. The zero-order chi connectivity index (χ0) is 19.0. The van der Waals surface area contributed by atoms with Crippen LogP contribution in [0.25, 0.3) is 0 Å². The van der Waals surface area contributed by atoms with E-state index in [-0.39, 0.29) is 0 Å². The van der Waals surface area contributed by atoms with E-state index in [0.29, 0.717) is 5.41 Å². The molecule has 0 amide bonds. The minimum atomic E-state index is 0.521. The summed E-state index contributed by atoms with van der Waals surface area (Å²) in [5, 5.41) is 0. The molecule has 0 radical (unpaired) electrons. The van der Waals surface area contributed by atoms with E-state index >= 15 is 0 Å². The highest BCUT2D eigenvalue weighted by Crippen LogP contribution is 2.42. The van der Waals surface area contributed by atoms with Crippen LogP contribution >= 0.6 is 0 Å². The summed E-state index contributed by atoms with van der Waals surface area (Å²) >= 11 is 0.